The maximum atomic E-state index is 13.8. The first kappa shape index (κ1) is 16.4. The SMILES string of the molecule is CCC1=NO[C@@H](C(=O)NCCc2c(C)[nH]c3c(F)cc(F)cc23)C1. The molecule has 1 amide bonds. The summed E-state index contributed by atoms with van der Waals surface area (Å²) in [6.07, 6.45) is 1.15. The molecule has 0 radical (unpaired) electrons. The molecule has 5 nitrogen and oxygen atoms in total. The normalized spacial score (nSPS) is 17.0. The number of aromatic nitrogens is 1. The number of benzene rings is 1. The number of carbonyl (C=O) groups is 1. The molecule has 2 heterocycles. The summed E-state index contributed by atoms with van der Waals surface area (Å²) in [7, 11) is 0. The summed E-state index contributed by atoms with van der Waals surface area (Å²) in [6, 6.07) is 2.16. The van der Waals surface area contributed by atoms with Gasteiger partial charge in [0.25, 0.3) is 5.91 Å². The van der Waals surface area contributed by atoms with Gasteiger partial charge in [0, 0.05) is 30.1 Å². The number of nitrogens with zero attached hydrogens (tertiary/aromatic N) is 1. The molecule has 0 saturated carbocycles. The number of halogens is 2. The molecule has 1 aromatic heterocycles. The predicted molar refractivity (Wildman–Crippen MR) is 86.9 cm³/mol. The number of hydrogen-bond donors (Lipinski definition) is 2. The lowest BCUT2D eigenvalue weighted by Crippen LogP contribution is -2.35. The molecule has 3 rings (SSSR count). The zero-order valence-corrected chi connectivity index (χ0v) is 13.6. The number of carbonyl (C=O) groups excluding carboxylic acids is 1. The second kappa shape index (κ2) is 6.59. The van der Waals surface area contributed by atoms with E-state index in [0.717, 1.165) is 29.5 Å². The van der Waals surface area contributed by atoms with Gasteiger partial charge in [-0.2, -0.15) is 0 Å². The van der Waals surface area contributed by atoms with Crippen molar-refractivity contribution in [2.45, 2.75) is 39.2 Å². The minimum Gasteiger partial charge on any atom is -0.382 e. The van der Waals surface area contributed by atoms with Crippen LogP contribution >= 0.6 is 0 Å². The van der Waals surface area contributed by atoms with E-state index in [-0.39, 0.29) is 11.4 Å². The van der Waals surface area contributed by atoms with Gasteiger partial charge in [-0.3, -0.25) is 4.79 Å². The summed E-state index contributed by atoms with van der Waals surface area (Å²) < 4.78 is 27.3. The van der Waals surface area contributed by atoms with Crippen molar-refractivity contribution in [1.29, 1.82) is 0 Å². The van der Waals surface area contributed by atoms with E-state index in [2.05, 4.69) is 15.5 Å². The molecule has 1 aromatic carbocycles. The van der Waals surface area contributed by atoms with Crippen LogP contribution in [0.4, 0.5) is 8.78 Å². The summed E-state index contributed by atoms with van der Waals surface area (Å²) in [4.78, 5) is 20.1. The lowest BCUT2D eigenvalue weighted by atomic mass is 10.1. The molecule has 0 saturated heterocycles. The first-order valence-electron chi connectivity index (χ1n) is 7.95. The van der Waals surface area contributed by atoms with Crippen molar-refractivity contribution in [3.63, 3.8) is 0 Å². The van der Waals surface area contributed by atoms with Gasteiger partial charge in [0.05, 0.1) is 11.2 Å². The Kier molecular flexibility index (Phi) is 4.51. The third-order valence-corrected chi connectivity index (χ3v) is 4.25. The second-order valence-corrected chi connectivity index (χ2v) is 5.89. The molecule has 24 heavy (non-hydrogen) atoms. The van der Waals surface area contributed by atoms with Crippen LogP contribution in [0.2, 0.25) is 0 Å². The standard InChI is InChI=1S/C17H19F2N3O2/c1-3-11-8-15(24-22-11)17(23)20-5-4-12-9(2)21-16-13(12)6-10(18)7-14(16)19/h6-7,15,21H,3-5,8H2,1-2H3,(H,20,23)/t15-/m1/s1. The lowest BCUT2D eigenvalue weighted by Gasteiger charge is -2.09. The molecule has 128 valence electrons. The molecular formula is C17H19F2N3O2. The van der Waals surface area contributed by atoms with Gasteiger partial charge in [-0.25, -0.2) is 8.78 Å². The molecular weight excluding hydrogens is 316 g/mol. The molecule has 1 aliphatic rings. The van der Waals surface area contributed by atoms with E-state index in [1.54, 1.807) is 6.92 Å². The van der Waals surface area contributed by atoms with Gasteiger partial charge in [0.15, 0.2) is 0 Å². The highest BCUT2D eigenvalue weighted by Gasteiger charge is 2.26. The van der Waals surface area contributed by atoms with Crippen LogP contribution in [0.3, 0.4) is 0 Å². The largest absolute Gasteiger partial charge is 0.382 e. The van der Waals surface area contributed by atoms with Crippen LogP contribution in [0.15, 0.2) is 17.3 Å². The average molecular weight is 335 g/mol. The fourth-order valence-electron chi connectivity index (χ4n) is 2.93. The van der Waals surface area contributed by atoms with Crippen LogP contribution < -0.4 is 5.32 Å². The number of amides is 1. The molecule has 0 bridgehead atoms. The van der Waals surface area contributed by atoms with Gasteiger partial charge in [-0.05, 0) is 31.4 Å². The third kappa shape index (κ3) is 3.11. The van der Waals surface area contributed by atoms with Gasteiger partial charge in [0.2, 0.25) is 6.10 Å². The first-order chi connectivity index (χ1) is 11.5. The van der Waals surface area contributed by atoms with Crippen molar-refractivity contribution in [3.05, 3.63) is 35.0 Å². The average Bonchev–Trinajstić information content (AvgIpc) is 3.13. The van der Waals surface area contributed by atoms with Crippen LogP contribution in [0, 0.1) is 18.6 Å². The minimum absolute atomic E-state index is 0.225. The van der Waals surface area contributed by atoms with Crippen LogP contribution in [-0.4, -0.2) is 29.3 Å². The maximum absolute atomic E-state index is 13.8. The number of nitrogens with one attached hydrogen (secondary N) is 2. The fourth-order valence-corrected chi connectivity index (χ4v) is 2.93. The molecule has 0 aliphatic carbocycles. The van der Waals surface area contributed by atoms with Crippen LogP contribution in [-0.2, 0) is 16.1 Å². The van der Waals surface area contributed by atoms with Gasteiger partial charge < -0.3 is 15.1 Å². The van der Waals surface area contributed by atoms with E-state index in [1.165, 1.54) is 6.07 Å². The Labute approximate surface area is 138 Å². The number of aromatic amines is 1. The van der Waals surface area contributed by atoms with Crippen molar-refractivity contribution in [2.24, 2.45) is 5.16 Å². The van der Waals surface area contributed by atoms with Crippen LogP contribution in [0.5, 0.6) is 0 Å². The molecule has 0 fully saturated rings. The minimum atomic E-state index is -0.619. The quantitative estimate of drug-likeness (QED) is 0.882. The van der Waals surface area contributed by atoms with E-state index >= 15 is 0 Å². The molecule has 7 heteroatoms. The van der Waals surface area contributed by atoms with E-state index in [4.69, 9.17) is 4.84 Å². The van der Waals surface area contributed by atoms with E-state index in [1.807, 2.05) is 6.92 Å². The van der Waals surface area contributed by atoms with Crippen molar-refractivity contribution >= 4 is 22.5 Å². The van der Waals surface area contributed by atoms with Crippen molar-refractivity contribution in [2.75, 3.05) is 6.54 Å². The highest BCUT2D eigenvalue weighted by atomic mass is 19.1. The smallest absolute Gasteiger partial charge is 0.264 e. The summed E-state index contributed by atoms with van der Waals surface area (Å²) in [5.41, 5.74) is 2.71. The fraction of sp³-hybridized carbons (Fsp3) is 0.412. The molecule has 1 atom stereocenters. The zero-order valence-electron chi connectivity index (χ0n) is 13.6. The third-order valence-electron chi connectivity index (χ3n) is 4.25. The summed E-state index contributed by atoms with van der Waals surface area (Å²) in [6.45, 7) is 4.11. The predicted octanol–water partition coefficient (Wildman–Crippen LogP) is 2.97. The van der Waals surface area contributed by atoms with E-state index in [9.17, 15) is 13.6 Å². The Balaban J connectivity index is 1.64. The van der Waals surface area contributed by atoms with Crippen molar-refractivity contribution in [1.82, 2.24) is 10.3 Å². The van der Waals surface area contributed by atoms with E-state index < -0.39 is 17.7 Å². The Morgan fingerprint density at radius 1 is 1.46 bits per heavy atom. The number of aryl methyl sites for hydroxylation is 1. The molecule has 1 aliphatic heterocycles. The zero-order chi connectivity index (χ0) is 17.3. The monoisotopic (exact) mass is 335 g/mol. The summed E-state index contributed by atoms with van der Waals surface area (Å²) in [5, 5.41) is 7.15. The maximum Gasteiger partial charge on any atom is 0.264 e. The van der Waals surface area contributed by atoms with E-state index in [0.29, 0.717) is 24.8 Å². The number of oxime groups is 1. The highest BCUT2D eigenvalue weighted by molar-refractivity contribution is 5.92. The number of rotatable bonds is 5. The van der Waals surface area contributed by atoms with Gasteiger partial charge >= 0.3 is 0 Å². The van der Waals surface area contributed by atoms with Crippen LogP contribution in [0.25, 0.3) is 10.9 Å². The van der Waals surface area contributed by atoms with Gasteiger partial charge in [-0.15, -0.1) is 0 Å². The summed E-state index contributed by atoms with van der Waals surface area (Å²) >= 11 is 0. The van der Waals surface area contributed by atoms with Crippen molar-refractivity contribution in [3.8, 4) is 0 Å². The Hall–Kier alpha value is -2.44. The Morgan fingerprint density at radius 3 is 2.96 bits per heavy atom. The van der Waals surface area contributed by atoms with Gasteiger partial charge in [-0.1, -0.05) is 12.1 Å². The number of hydrogen-bond acceptors (Lipinski definition) is 3. The molecule has 2 N–H and O–H groups in total. The molecule has 0 spiro atoms. The Morgan fingerprint density at radius 2 is 2.25 bits per heavy atom. The second-order valence-electron chi connectivity index (χ2n) is 5.89. The molecule has 2 aromatic rings. The molecule has 0 unspecified atom stereocenters. The van der Waals surface area contributed by atoms with Crippen LogP contribution in [0.1, 0.15) is 31.0 Å². The first-order valence-corrected chi connectivity index (χ1v) is 7.95. The number of fused-ring (bicyclic) bond motifs is 1. The van der Waals surface area contributed by atoms with Gasteiger partial charge in [0.1, 0.15) is 11.6 Å². The topological polar surface area (TPSA) is 66.5 Å². The summed E-state index contributed by atoms with van der Waals surface area (Å²) in [5.74, 6) is -1.46. The lowest BCUT2D eigenvalue weighted by molar-refractivity contribution is -0.131. The highest BCUT2D eigenvalue weighted by Crippen LogP contribution is 2.26. The number of H-pyrrole nitrogens is 1. The Bertz CT molecular complexity index is 814. The van der Waals surface area contributed by atoms with Crippen molar-refractivity contribution < 1.29 is 18.4 Å².